The molecule has 0 saturated carbocycles. The monoisotopic (exact) mass is 344 g/mol. The Morgan fingerprint density at radius 2 is 2.17 bits per heavy atom. The van der Waals surface area contributed by atoms with Gasteiger partial charge in [-0.3, -0.25) is 14.6 Å². The van der Waals surface area contributed by atoms with Gasteiger partial charge in [0.1, 0.15) is 10.6 Å². The van der Waals surface area contributed by atoms with Gasteiger partial charge in [0.05, 0.1) is 12.1 Å². The molecule has 2 saturated heterocycles. The lowest BCUT2D eigenvalue weighted by Gasteiger charge is -2.45. The molecular formula is C17H21N4O2P. The SMILES string of the molecule is CC[C@H](c1cccnc1)N1C(=O)[C@]2(C)P[C@@]1(CCC#N)C(=O)N2C. The Bertz CT molecular complexity index is 719. The highest BCUT2D eigenvalue weighted by Gasteiger charge is 2.71. The molecular weight excluding hydrogens is 323 g/mol. The smallest absolute Gasteiger partial charge is 0.254 e. The Labute approximate surface area is 143 Å². The van der Waals surface area contributed by atoms with E-state index in [1.54, 1.807) is 29.2 Å². The Morgan fingerprint density at radius 3 is 2.75 bits per heavy atom. The minimum atomic E-state index is -0.882. The quantitative estimate of drug-likeness (QED) is 0.768. The number of pyridine rings is 1. The predicted octanol–water partition coefficient (Wildman–Crippen LogP) is 2.24. The number of nitriles is 1. The van der Waals surface area contributed by atoms with E-state index < -0.39 is 10.6 Å². The molecule has 2 fully saturated rings. The van der Waals surface area contributed by atoms with E-state index in [1.807, 2.05) is 26.0 Å². The van der Waals surface area contributed by atoms with Gasteiger partial charge in [-0.1, -0.05) is 13.0 Å². The number of carbonyl (C=O) groups is 2. The summed E-state index contributed by atoms with van der Waals surface area (Å²) in [6.45, 7) is 3.85. The van der Waals surface area contributed by atoms with Crippen molar-refractivity contribution in [1.82, 2.24) is 14.8 Å². The summed E-state index contributed by atoms with van der Waals surface area (Å²) < 4.78 is 0. The number of amides is 2. The van der Waals surface area contributed by atoms with Crippen molar-refractivity contribution >= 4 is 20.4 Å². The van der Waals surface area contributed by atoms with Crippen molar-refractivity contribution in [2.45, 2.75) is 49.7 Å². The first kappa shape index (κ1) is 16.9. The summed E-state index contributed by atoms with van der Waals surface area (Å²) in [6.07, 6.45) is 4.80. The number of carbonyl (C=O) groups excluding carboxylic acids is 2. The molecule has 1 aromatic heterocycles. The minimum Gasteiger partial charge on any atom is -0.325 e. The first-order valence-corrected chi connectivity index (χ1v) is 9.10. The number of hydrogen-bond donors (Lipinski definition) is 0. The lowest BCUT2D eigenvalue weighted by atomic mass is 9.95. The van der Waals surface area contributed by atoms with Gasteiger partial charge in [0.25, 0.3) is 11.8 Å². The molecule has 3 heterocycles. The van der Waals surface area contributed by atoms with Crippen LogP contribution < -0.4 is 0 Å². The fourth-order valence-corrected chi connectivity index (χ4v) is 6.07. The van der Waals surface area contributed by atoms with E-state index in [9.17, 15) is 9.59 Å². The van der Waals surface area contributed by atoms with Crippen LogP contribution in [0.15, 0.2) is 24.5 Å². The van der Waals surface area contributed by atoms with Gasteiger partial charge in [0.15, 0.2) is 0 Å². The van der Waals surface area contributed by atoms with Gasteiger partial charge in [0, 0.05) is 25.9 Å². The number of aromatic nitrogens is 1. The maximum atomic E-state index is 13.2. The Kier molecular flexibility index (Phi) is 4.09. The zero-order valence-electron chi connectivity index (χ0n) is 14.1. The Morgan fingerprint density at radius 1 is 1.42 bits per heavy atom. The van der Waals surface area contributed by atoms with Crippen molar-refractivity contribution in [3.05, 3.63) is 30.1 Å². The lowest BCUT2D eigenvalue weighted by Crippen LogP contribution is -2.63. The normalized spacial score (nSPS) is 30.9. The van der Waals surface area contributed by atoms with Crippen LogP contribution in [0.4, 0.5) is 0 Å². The highest BCUT2D eigenvalue weighted by molar-refractivity contribution is 7.46. The topological polar surface area (TPSA) is 77.3 Å². The molecule has 0 spiro atoms. The Balaban J connectivity index is 2.10. The molecule has 2 amide bonds. The molecule has 1 aromatic rings. The number of hydrogen-bond acceptors (Lipinski definition) is 4. The van der Waals surface area contributed by atoms with Crippen LogP contribution in [-0.4, -0.2) is 44.2 Å². The molecule has 0 aliphatic carbocycles. The van der Waals surface area contributed by atoms with Crippen molar-refractivity contribution in [2.75, 3.05) is 7.05 Å². The average Bonchev–Trinajstić information content (AvgIpc) is 2.94. The number of fused-ring (bicyclic) bond motifs is 2. The molecule has 126 valence electrons. The standard InChI is InChI=1S/C17H21N4O2P/c1-4-13(12-7-5-10-19-11-12)21-14(22)16(2)20(3)15(23)17(21,24-16)8-6-9-18/h5,7,10-11,13,24H,4,6,8H2,1-3H3/t13-,16+,17+/m1/s1. The van der Waals surface area contributed by atoms with Crippen molar-refractivity contribution in [3.8, 4) is 6.07 Å². The molecule has 3 rings (SSSR count). The van der Waals surface area contributed by atoms with Crippen LogP contribution in [0.1, 0.15) is 44.7 Å². The largest absolute Gasteiger partial charge is 0.325 e. The number of rotatable bonds is 5. The first-order valence-electron chi connectivity index (χ1n) is 8.10. The summed E-state index contributed by atoms with van der Waals surface area (Å²) in [7, 11) is 1.84. The van der Waals surface area contributed by atoms with Crippen molar-refractivity contribution in [1.29, 1.82) is 5.26 Å². The minimum absolute atomic E-state index is 0.0171. The fraction of sp³-hybridized carbons (Fsp3) is 0.529. The van der Waals surface area contributed by atoms with Crippen molar-refractivity contribution < 1.29 is 9.59 Å². The molecule has 1 unspecified atom stereocenters. The van der Waals surface area contributed by atoms with Gasteiger partial charge >= 0.3 is 0 Å². The van der Waals surface area contributed by atoms with Gasteiger partial charge in [-0.25, -0.2) is 0 Å². The predicted molar refractivity (Wildman–Crippen MR) is 91.2 cm³/mol. The molecule has 0 aromatic carbocycles. The summed E-state index contributed by atoms with van der Waals surface area (Å²) in [5.74, 6) is -0.0582. The molecule has 24 heavy (non-hydrogen) atoms. The van der Waals surface area contributed by atoms with Crippen LogP contribution >= 0.6 is 8.58 Å². The lowest BCUT2D eigenvalue weighted by molar-refractivity contribution is -0.162. The maximum absolute atomic E-state index is 13.2. The first-order chi connectivity index (χ1) is 11.4. The Hall–Kier alpha value is -1.99. The van der Waals surface area contributed by atoms with Gasteiger partial charge in [-0.15, -0.1) is 0 Å². The van der Waals surface area contributed by atoms with Crippen LogP contribution in [0.2, 0.25) is 0 Å². The van der Waals surface area contributed by atoms with Crippen molar-refractivity contribution in [2.24, 2.45) is 0 Å². The zero-order chi connectivity index (χ0) is 17.5. The molecule has 2 bridgehead atoms. The third-order valence-electron chi connectivity index (χ3n) is 5.19. The summed E-state index contributed by atoms with van der Waals surface area (Å²) in [5.41, 5.74) is 0.932. The molecule has 0 radical (unpaired) electrons. The molecule has 6 nitrogen and oxygen atoms in total. The second-order valence-electron chi connectivity index (χ2n) is 6.47. The molecule has 2 aliphatic rings. The highest BCUT2D eigenvalue weighted by atomic mass is 31.1. The second-order valence-corrected chi connectivity index (χ2v) is 8.52. The van der Waals surface area contributed by atoms with Crippen LogP contribution in [0, 0.1) is 11.3 Å². The van der Waals surface area contributed by atoms with E-state index in [0.29, 0.717) is 12.8 Å². The van der Waals surface area contributed by atoms with Crippen LogP contribution in [0.3, 0.4) is 0 Å². The van der Waals surface area contributed by atoms with Gasteiger partial charge < -0.3 is 9.80 Å². The zero-order valence-corrected chi connectivity index (χ0v) is 15.1. The van der Waals surface area contributed by atoms with Gasteiger partial charge in [0.2, 0.25) is 0 Å². The van der Waals surface area contributed by atoms with Crippen LogP contribution in [0.25, 0.3) is 0 Å². The van der Waals surface area contributed by atoms with Crippen LogP contribution in [-0.2, 0) is 9.59 Å². The number of piperazine rings is 1. The van der Waals surface area contributed by atoms with E-state index in [2.05, 4.69) is 11.1 Å². The van der Waals surface area contributed by atoms with E-state index in [4.69, 9.17) is 5.26 Å². The van der Waals surface area contributed by atoms with E-state index in [1.165, 1.54) is 0 Å². The third kappa shape index (κ3) is 2.08. The van der Waals surface area contributed by atoms with E-state index >= 15 is 0 Å². The number of likely N-dealkylation sites (N-methyl/N-ethyl adjacent to an activating group) is 1. The van der Waals surface area contributed by atoms with Crippen LogP contribution in [0.5, 0.6) is 0 Å². The highest BCUT2D eigenvalue weighted by Crippen LogP contribution is 2.65. The molecule has 7 heteroatoms. The average molecular weight is 344 g/mol. The summed E-state index contributed by atoms with van der Waals surface area (Å²) >= 11 is 0. The van der Waals surface area contributed by atoms with Crippen molar-refractivity contribution in [3.63, 3.8) is 0 Å². The van der Waals surface area contributed by atoms with Gasteiger partial charge in [-0.2, -0.15) is 5.26 Å². The van der Waals surface area contributed by atoms with Gasteiger partial charge in [-0.05, 0) is 40.0 Å². The molecule has 4 atom stereocenters. The molecule has 2 aliphatic heterocycles. The summed E-state index contributed by atoms with van der Waals surface area (Å²) in [4.78, 5) is 33.8. The molecule has 0 N–H and O–H groups in total. The number of nitrogens with zero attached hydrogens (tertiary/aromatic N) is 4. The summed E-state index contributed by atoms with van der Waals surface area (Å²) in [5, 5.41) is 7.37. The second kappa shape index (κ2) is 5.82. The summed E-state index contributed by atoms with van der Waals surface area (Å²) in [6, 6.07) is 5.72. The fourth-order valence-electron chi connectivity index (χ4n) is 3.86. The van der Waals surface area contributed by atoms with E-state index in [-0.39, 0.29) is 32.9 Å². The third-order valence-corrected chi connectivity index (χ3v) is 7.35. The van der Waals surface area contributed by atoms with E-state index in [0.717, 1.165) is 5.56 Å². The maximum Gasteiger partial charge on any atom is 0.254 e.